The number of nitrogens with one attached hydrogen (secondary N) is 2. The summed E-state index contributed by atoms with van der Waals surface area (Å²) in [5, 5.41) is 6.11. The van der Waals surface area contributed by atoms with Gasteiger partial charge < -0.3 is 15.4 Å². The summed E-state index contributed by atoms with van der Waals surface area (Å²) in [5.41, 5.74) is 2.77. The number of benzene rings is 2. The Kier molecular flexibility index (Phi) is 3.60. The summed E-state index contributed by atoms with van der Waals surface area (Å²) in [7, 11) is 1.64. The number of para-hydroxylation sites is 2. The lowest BCUT2D eigenvalue weighted by atomic mass is 10.1. The van der Waals surface area contributed by atoms with E-state index in [0.29, 0.717) is 0 Å². The molecule has 2 N–H and O–H groups in total. The van der Waals surface area contributed by atoms with Crippen molar-refractivity contribution >= 4 is 23.4 Å². The van der Waals surface area contributed by atoms with Crippen LogP contribution >= 0.6 is 0 Å². The molecule has 0 spiro atoms. The number of hydrogen-bond acceptors (Lipinski definition) is 3. The molecule has 1 atom stereocenters. The van der Waals surface area contributed by atoms with Crippen LogP contribution in [-0.4, -0.2) is 19.1 Å². The minimum atomic E-state index is -0.373. The number of amides is 1. The zero-order valence-corrected chi connectivity index (χ0v) is 11.7. The van der Waals surface area contributed by atoms with E-state index in [0.717, 1.165) is 22.7 Å². The normalized spacial score (nSPS) is 17.0. The second-order valence-corrected chi connectivity index (χ2v) is 4.79. The van der Waals surface area contributed by atoms with Crippen molar-refractivity contribution in [1.82, 2.24) is 0 Å². The first kappa shape index (κ1) is 13.2. The molecule has 1 heterocycles. The van der Waals surface area contributed by atoms with Crippen LogP contribution in [-0.2, 0) is 4.79 Å². The summed E-state index contributed by atoms with van der Waals surface area (Å²) >= 11 is 0. The number of carbonyl (C=O) groups is 1. The zero-order chi connectivity index (χ0) is 14.7. The van der Waals surface area contributed by atoms with E-state index < -0.39 is 0 Å². The number of ether oxygens (including phenoxy) is 1. The predicted molar refractivity (Wildman–Crippen MR) is 84.5 cm³/mol. The Balaban J connectivity index is 1.75. The summed E-state index contributed by atoms with van der Waals surface area (Å²) in [5.74, 6) is 0.757. The van der Waals surface area contributed by atoms with E-state index in [4.69, 9.17) is 4.74 Å². The quantitative estimate of drug-likeness (QED) is 0.908. The van der Waals surface area contributed by atoms with Crippen LogP contribution in [0.25, 0.3) is 6.08 Å². The van der Waals surface area contributed by atoms with E-state index in [2.05, 4.69) is 10.6 Å². The molecular weight excluding hydrogens is 264 g/mol. The van der Waals surface area contributed by atoms with Crippen molar-refractivity contribution in [3.63, 3.8) is 0 Å². The van der Waals surface area contributed by atoms with Gasteiger partial charge in [0.2, 0.25) is 0 Å². The van der Waals surface area contributed by atoms with Crippen LogP contribution in [0.5, 0.6) is 5.75 Å². The van der Waals surface area contributed by atoms with Gasteiger partial charge in [-0.2, -0.15) is 0 Å². The summed E-state index contributed by atoms with van der Waals surface area (Å²) in [6.07, 6.45) is 3.78. The minimum absolute atomic E-state index is 0.0570. The summed E-state index contributed by atoms with van der Waals surface area (Å²) in [6.45, 7) is 0. The fourth-order valence-corrected chi connectivity index (χ4v) is 2.22. The molecule has 2 aromatic carbocycles. The molecule has 1 unspecified atom stereocenters. The SMILES string of the molecule is COc1ccc(/C=C/C2Nc3ccccc3NC2=O)cc1. The van der Waals surface area contributed by atoms with Crippen LogP contribution in [0.3, 0.4) is 0 Å². The van der Waals surface area contributed by atoms with E-state index in [9.17, 15) is 4.79 Å². The highest BCUT2D eigenvalue weighted by molar-refractivity contribution is 6.04. The second kappa shape index (κ2) is 5.71. The van der Waals surface area contributed by atoms with Gasteiger partial charge in [-0.1, -0.05) is 36.4 Å². The standard InChI is InChI=1S/C17H16N2O2/c1-21-13-9-6-12(7-10-13)8-11-16-17(20)19-15-5-3-2-4-14(15)18-16/h2-11,16,18H,1H3,(H,19,20)/b11-8+. The average Bonchev–Trinajstić information content (AvgIpc) is 2.53. The molecule has 4 heteroatoms. The average molecular weight is 280 g/mol. The molecular formula is C17H16N2O2. The van der Waals surface area contributed by atoms with Gasteiger partial charge in [-0.3, -0.25) is 4.79 Å². The van der Waals surface area contributed by atoms with Gasteiger partial charge in [0.1, 0.15) is 11.8 Å². The van der Waals surface area contributed by atoms with Crippen LogP contribution < -0.4 is 15.4 Å². The van der Waals surface area contributed by atoms with Crippen molar-refractivity contribution in [2.45, 2.75) is 6.04 Å². The molecule has 0 bridgehead atoms. The molecule has 0 saturated carbocycles. The third kappa shape index (κ3) is 2.89. The van der Waals surface area contributed by atoms with Crippen LogP contribution in [0.1, 0.15) is 5.56 Å². The molecule has 0 aromatic heterocycles. The third-order valence-electron chi connectivity index (χ3n) is 3.38. The molecule has 4 nitrogen and oxygen atoms in total. The monoisotopic (exact) mass is 280 g/mol. The lowest BCUT2D eigenvalue weighted by Gasteiger charge is -2.24. The van der Waals surface area contributed by atoms with Gasteiger partial charge in [0, 0.05) is 0 Å². The first-order valence-electron chi connectivity index (χ1n) is 6.75. The molecule has 0 fully saturated rings. The lowest BCUT2D eigenvalue weighted by molar-refractivity contribution is -0.116. The fourth-order valence-electron chi connectivity index (χ4n) is 2.22. The Labute approximate surface area is 123 Å². The van der Waals surface area contributed by atoms with Gasteiger partial charge in [0.25, 0.3) is 5.91 Å². The van der Waals surface area contributed by atoms with Crippen molar-refractivity contribution in [2.75, 3.05) is 17.7 Å². The van der Waals surface area contributed by atoms with Gasteiger partial charge in [-0.05, 0) is 29.8 Å². The molecule has 1 aliphatic rings. The summed E-state index contributed by atoms with van der Waals surface area (Å²) < 4.78 is 5.12. The topological polar surface area (TPSA) is 50.4 Å². The molecule has 0 radical (unpaired) electrons. The maximum atomic E-state index is 12.0. The zero-order valence-electron chi connectivity index (χ0n) is 11.7. The second-order valence-electron chi connectivity index (χ2n) is 4.79. The van der Waals surface area contributed by atoms with E-state index in [1.54, 1.807) is 7.11 Å². The Morgan fingerprint density at radius 1 is 1.05 bits per heavy atom. The summed E-state index contributed by atoms with van der Waals surface area (Å²) in [6, 6.07) is 15.0. The van der Waals surface area contributed by atoms with Gasteiger partial charge in [-0.25, -0.2) is 0 Å². The molecule has 106 valence electrons. The molecule has 0 aliphatic carbocycles. The van der Waals surface area contributed by atoms with Gasteiger partial charge >= 0.3 is 0 Å². The largest absolute Gasteiger partial charge is 0.497 e. The van der Waals surface area contributed by atoms with Crippen LogP contribution in [0, 0.1) is 0 Å². The summed E-state index contributed by atoms with van der Waals surface area (Å²) in [4.78, 5) is 12.0. The molecule has 21 heavy (non-hydrogen) atoms. The van der Waals surface area contributed by atoms with Crippen molar-refractivity contribution in [3.05, 3.63) is 60.2 Å². The Bertz CT molecular complexity index is 677. The smallest absolute Gasteiger partial charge is 0.250 e. The molecule has 3 rings (SSSR count). The molecule has 2 aromatic rings. The molecule has 1 aliphatic heterocycles. The van der Waals surface area contributed by atoms with E-state index in [-0.39, 0.29) is 11.9 Å². The molecule has 1 amide bonds. The number of fused-ring (bicyclic) bond motifs is 1. The Hall–Kier alpha value is -2.75. The maximum Gasteiger partial charge on any atom is 0.250 e. The van der Waals surface area contributed by atoms with Crippen LogP contribution in [0.4, 0.5) is 11.4 Å². The first-order chi connectivity index (χ1) is 10.3. The minimum Gasteiger partial charge on any atom is -0.497 e. The highest BCUT2D eigenvalue weighted by Crippen LogP contribution is 2.26. The fraction of sp³-hybridized carbons (Fsp3) is 0.118. The maximum absolute atomic E-state index is 12.0. The van der Waals surface area contributed by atoms with Gasteiger partial charge in [0.05, 0.1) is 18.5 Å². The Morgan fingerprint density at radius 2 is 1.76 bits per heavy atom. The van der Waals surface area contributed by atoms with Gasteiger partial charge in [-0.15, -0.1) is 0 Å². The number of rotatable bonds is 3. The van der Waals surface area contributed by atoms with E-state index in [1.165, 1.54) is 0 Å². The van der Waals surface area contributed by atoms with Crippen LogP contribution in [0.15, 0.2) is 54.6 Å². The first-order valence-corrected chi connectivity index (χ1v) is 6.75. The van der Waals surface area contributed by atoms with Crippen molar-refractivity contribution in [1.29, 1.82) is 0 Å². The van der Waals surface area contributed by atoms with Crippen LogP contribution in [0.2, 0.25) is 0 Å². The highest BCUT2D eigenvalue weighted by Gasteiger charge is 2.22. The van der Waals surface area contributed by atoms with Crippen molar-refractivity contribution < 1.29 is 9.53 Å². The van der Waals surface area contributed by atoms with E-state index in [1.807, 2.05) is 60.7 Å². The predicted octanol–water partition coefficient (Wildman–Crippen LogP) is 3.14. The lowest BCUT2D eigenvalue weighted by Crippen LogP contribution is -2.37. The number of carbonyl (C=O) groups excluding carboxylic acids is 1. The Morgan fingerprint density at radius 3 is 2.48 bits per heavy atom. The van der Waals surface area contributed by atoms with Crippen molar-refractivity contribution in [3.8, 4) is 5.75 Å². The number of anilines is 2. The number of hydrogen-bond donors (Lipinski definition) is 2. The van der Waals surface area contributed by atoms with E-state index >= 15 is 0 Å². The third-order valence-corrected chi connectivity index (χ3v) is 3.38. The number of methoxy groups -OCH3 is 1. The van der Waals surface area contributed by atoms with Crippen molar-refractivity contribution in [2.24, 2.45) is 0 Å². The van der Waals surface area contributed by atoms with Gasteiger partial charge in [0.15, 0.2) is 0 Å². The molecule has 0 saturated heterocycles. The highest BCUT2D eigenvalue weighted by atomic mass is 16.5.